The summed E-state index contributed by atoms with van der Waals surface area (Å²) in [6.45, 7) is 4.16. The second-order valence-corrected chi connectivity index (χ2v) is 6.05. The smallest absolute Gasteiger partial charge is 0.160 e. The summed E-state index contributed by atoms with van der Waals surface area (Å²) in [5.41, 5.74) is 1.99. The fourth-order valence-electron chi connectivity index (χ4n) is 2.90. The quantitative estimate of drug-likeness (QED) is 0.933. The molecule has 1 aromatic heterocycles. The predicted octanol–water partition coefficient (Wildman–Crippen LogP) is 3.48. The fourth-order valence-corrected chi connectivity index (χ4v) is 2.90. The highest BCUT2D eigenvalue weighted by Gasteiger charge is 2.23. The van der Waals surface area contributed by atoms with Gasteiger partial charge in [0.2, 0.25) is 0 Å². The Labute approximate surface area is 139 Å². The van der Waals surface area contributed by atoms with Crippen LogP contribution in [-0.4, -0.2) is 24.6 Å². The largest absolute Gasteiger partial charge is 0.371 e. The third kappa shape index (κ3) is 3.46. The van der Waals surface area contributed by atoms with Gasteiger partial charge in [-0.25, -0.2) is 13.8 Å². The third-order valence-corrected chi connectivity index (χ3v) is 4.33. The summed E-state index contributed by atoms with van der Waals surface area (Å²) in [5, 5.41) is 12.3. The maximum Gasteiger partial charge on any atom is 0.160 e. The minimum atomic E-state index is -0.824. The lowest BCUT2D eigenvalue weighted by Crippen LogP contribution is -2.22. The molecule has 1 aromatic carbocycles. The van der Waals surface area contributed by atoms with E-state index < -0.39 is 11.6 Å². The van der Waals surface area contributed by atoms with Crippen LogP contribution in [0.2, 0.25) is 0 Å². The van der Waals surface area contributed by atoms with E-state index in [-0.39, 0.29) is 0 Å². The molecule has 2 heterocycles. The second-order valence-electron chi connectivity index (χ2n) is 6.05. The predicted molar refractivity (Wildman–Crippen MR) is 88.9 cm³/mol. The van der Waals surface area contributed by atoms with Gasteiger partial charge in [0.05, 0.1) is 0 Å². The average molecular weight is 328 g/mol. The van der Waals surface area contributed by atoms with Crippen molar-refractivity contribution < 1.29 is 8.78 Å². The number of hydrogen-bond donors (Lipinski definition) is 1. The van der Waals surface area contributed by atoms with Crippen LogP contribution >= 0.6 is 0 Å². The van der Waals surface area contributed by atoms with Gasteiger partial charge in [-0.3, -0.25) is 0 Å². The molecule has 1 N–H and O–H groups in total. The van der Waals surface area contributed by atoms with E-state index in [9.17, 15) is 8.78 Å². The van der Waals surface area contributed by atoms with E-state index in [2.05, 4.69) is 21.3 Å². The summed E-state index contributed by atoms with van der Waals surface area (Å²) in [5.74, 6) is -0.577. The van der Waals surface area contributed by atoms with E-state index in [1.165, 1.54) is 6.07 Å². The number of halogens is 2. The molecule has 1 unspecified atom stereocenters. The molecule has 6 heteroatoms. The van der Waals surface area contributed by atoms with Gasteiger partial charge in [0.1, 0.15) is 17.6 Å². The Kier molecular flexibility index (Phi) is 4.61. The number of hydrogen-bond acceptors (Lipinski definition) is 4. The highest BCUT2D eigenvalue weighted by molar-refractivity contribution is 5.48. The van der Waals surface area contributed by atoms with Crippen LogP contribution in [0.3, 0.4) is 0 Å². The molecule has 24 heavy (non-hydrogen) atoms. The van der Waals surface area contributed by atoms with Crippen LogP contribution in [0.1, 0.15) is 17.7 Å². The van der Waals surface area contributed by atoms with Gasteiger partial charge in [0, 0.05) is 31.4 Å². The third-order valence-electron chi connectivity index (χ3n) is 4.33. The zero-order chi connectivity index (χ0) is 17.1. The molecule has 2 aromatic rings. The zero-order valence-electron chi connectivity index (χ0n) is 13.4. The minimum absolute atomic E-state index is 0.381. The van der Waals surface area contributed by atoms with Gasteiger partial charge in [0.15, 0.2) is 11.6 Å². The van der Waals surface area contributed by atoms with Crippen LogP contribution in [0.15, 0.2) is 30.3 Å². The summed E-state index contributed by atoms with van der Waals surface area (Å²) >= 11 is 0. The normalized spacial score (nSPS) is 16.9. The molecule has 3 rings (SSSR count). The Balaban J connectivity index is 1.58. The second kappa shape index (κ2) is 6.83. The monoisotopic (exact) mass is 328 g/mol. The van der Waals surface area contributed by atoms with Crippen molar-refractivity contribution in [2.75, 3.05) is 29.9 Å². The van der Waals surface area contributed by atoms with Crippen molar-refractivity contribution >= 4 is 11.5 Å². The number of aromatic nitrogens is 1. The molecular weight excluding hydrogens is 310 g/mol. The molecular formula is C18H18F2N4. The molecule has 1 fully saturated rings. The SMILES string of the molecule is Cc1ccc(NCC2CCN(c3ccc(F)c(F)c3)C2)nc1C#N. The van der Waals surface area contributed by atoms with E-state index >= 15 is 0 Å². The highest BCUT2D eigenvalue weighted by Crippen LogP contribution is 2.25. The molecule has 0 bridgehead atoms. The number of pyridine rings is 1. The van der Waals surface area contributed by atoms with Crippen molar-refractivity contribution in [3.05, 3.63) is 53.2 Å². The van der Waals surface area contributed by atoms with E-state index in [0.29, 0.717) is 23.1 Å². The van der Waals surface area contributed by atoms with Gasteiger partial charge in [-0.1, -0.05) is 6.07 Å². The minimum Gasteiger partial charge on any atom is -0.371 e. The molecule has 0 radical (unpaired) electrons. The lowest BCUT2D eigenvalue weighted by molar-refractivity contribution is 0.508. The number of nitrogens with one attached hydrogen (secondary N) is 1. The lowest BCUT2D eigenvalue weighted by Gasteiger charge is -2.19. The average Bonchev–Trinajstić information content (AvgIpc) is 3.05. The van der Waals surface area contributed by atoms with Crippen molar-refractivity contribution in [2.45, 2.75) is 13.3 Å². The molecule has 0 spiro atoms. The van der Waals surface area contributed by atoms with E-state index in [0.717, 1.165) is 37.7 Å². The standard InChI is InChI=1S/C18H18F2N4/c1-12-2-5-18(23-17(12)9-21)22-10-13-6-7-24(11-13)14-3-4-15(19)16(20)8-14/h2-5,8,13H,6-7,10-11H2,1H3,(H,22,23). The maximum atomic E-state index is 13.4. The van der Waals surface area contributed by atoms with Gasteiger partial charge in [-0.05, 0) is 43.0 Å². The van der Waals surface area contributed by atoms with Crippen LogP contribution in [0.25, 0.3) is 0 Å². The van der Waals surface area contributed by atoms with Crippen molar-refractivity contribution in [2.24, 2.45) is 5.92 Å². The molecule has 0 aliphatic carbocycles. The summed E-state index contributed by atoms with van der Waals surface area (Å²) < 4.78 is 26.4. The number of nitrogens with zero attached hydrogens (tertiary/aromatic N) is 3. The fraction of sp³-hybridized carbons (Fsp3) is 0.333. The first kappa shape index (κ1) is 16.2. The number of benzene rings is 1. The zero-order valence-corrected chi connectivity index (χ0v) is 13.4. The van der Waals surface area contributed by atoms with Crippen LogP contribution < -0.4 is 10.2 Å². The van der Waals surface area contributed by atoms with Crippen molar-refractivity contribution in [3.63, 3.8) is 0 Å². The summed E-state index contributed by atoms with van der Waals surface area (Å²) in [6.07, 6.45) is 0.961. The molecule has 0 amide bonds. The van der Waals surface area contributed by atoms with E-state index in [1.807, 2.05) is 19.1 Å². The summed E-state index contributed by atoms with van der Waals surface area (Å²) in [6, 6.07) is 9.82. The van der Waals surface area contributed by atoms with Crippen molar-refractivity contribution in [1.82, 2.24) is 4.98 Å². The summed E-state index contributed by atoms with van der Waals surface area (Å²) in [4.78, 5) is 6.33. The number of aryl methyl sites for hydroxylation is 1. The molecule has 1 aliphatic rings. The van der Waals surface area contributed by atoms with Gasteiger partial charge >= 0.3 is 0 Å². The molecule has 0 saturated carbocycles. The lowest BCUT2D eigenvalue weighted by atomic mass is 10.1. The Bertz CT molecular complexity index is 785. The van der Waals surface area contributed by atoms with E-state index in [1.54, 1.807) is 6.07 Å². The first-order chi connectivity index (χ1) is 11.6. The number of nitriles is 1. The number of anilines is 2. The topological polar surface area (TPSA) is 52.0 Å². The molecule has 1 saturated heterocycles. The molecule has 1 aliphatic heterocycles. The van der Waals surface area contributed by atoms with Crippen molar-refractivity contribution in [1.29, 1.82) is 5.26 Å². The van der Waals surface area contributed by atoms with Crippen LogP contribution in [-0.2, 0) is 0 Å². The molecule has 1 atom stereocenters. The van der Waals surface area contributed by atoms with Gasteiger partial charge < -0.3 is 10.2 Å². The first-order valence-electron chi connectivity index (χ1n) is 7.88. The maximum absolute atomic E-state index is 13.4. The van der Waals surface area contributed by atoms with Gasteiger partial charge in [-0.15, -0.1) is 0 Å². The van der Waals surface area contributed by atoms with Crippen LogP contribution in [0.5, 0.6) is 0 Å². The molecule has 4 nitrogen and oxygen atoms in total. The Morgan fingerprint density at radius 3 is 2.88 bits per heavy atom. The first-order valence-corrected chi connectivity index (χ1v) is 7.88. The van der Waals surface area contributed by atoms with Crippen molar-refractivity contribution in [3.8, 4) is 6.07 Å². The number of rotatable bonds is 4. The van der Waals surface area contributed by atoms with Gasteiger partial charge in [-0.2, -0.15) is 5.26 Å². The Hall–Kier alpha value is -2.68. The highest BCUT2D eigenvalue weighted by atomic mass is 19.2. The van der Waals surface area contributed by atoms with Gasteiger partial charge in [0.25, 0.3) is 0 Å². The molecule has 124 valence electrons. The van der Waals surface area contributed by atoms with E-state index in [4.69, 9.17) is 5.26 Å². The Morgan fingerprint density at radius 1 is 1.29 bits per heavy atom. The van der Waals surface area contributed by atoms with Crippen LogP contribution in [0.4, 0.5) is 20.3 Å². The van der Waals surface area contributed by atoms with Crippen LogP contribution in [0, 0.1) is 35.8 Å². The Morgan fingerprint density at radius 2 is 2.12 bits per heavy atom. The summed E-state index contributed by atoms with van der Waals surface area (Å²) in [7, 11) is 0.